The van der Waals surface area contributed by atoms with Crippen LogP contribution in [0.25, 0.3) is 0 Å². The maximum Gasteiger partial charge on any atom is 0.248 e. The fourth-order valence-electron chi connectivity index (χ4n) is 0.348. The topological polar surface area (TPSA) is 20.3 Å². The zero-order valence-corrected chi connectivity index (χ0v) is 6.35. The predicted molar refractivity (Wildman–Crippen MR) is 40.9 cm³/mol. The van der Waals surface area contributed by atoms with Crippen molar-refractivity contribution in [1.82, 2.24) is 4.31 Å². The highest BCUT2D eigenvalue weighted by Gasteiger charge is 2.22. The van der Waals surface area contributed by atoms with E-state index in [1.54, 1.807) is 0 Å². The van der Waals surface area contributed by atoms with Crippen LogP contribution in [-0.2, 0) is 4.79 Å². The van der Waals surface area contributed by atoms with Gasteiger partial charge in [-0.1, -0.05) is 36.8 Å². The number of amides is 1. The number of thioether (sulfide) groups is 1. The van der Waals surface area contributed by atoms with Crippen LogP contribution in [0.1, 0.15) is 0 Å². The van der Waals surface area contributed by atoms with Crippen molar-refractivity contribution in [2.45, 2.75) is 0 Å². The number of rotatable bonds is 0. The summed E-state index contributed by atoms with van der Waals surface area (Å²) in [7, 11) is 0. The molecule has 8 heavy (non-hydrogen) atoms. The van der Waals surface area contributed by atoms with Crippen molar-refractivity contribution < 1.29 is 4.79 Å². The molecule has 1 saturated heterocycles. The average molecular weight is 165 g/mol. The maximum absolute atomic E-state index is 10.5. The highest BCUT2D eigenvalue weighted by Crippen LogP contribution is 2.19. The molecule has 0 aromatic carbocycles. The fraction of sp³-hybridized carbons (Fsp3) is 0.333. The summed E-state index contributed by atoms with van der Waals surface area (Å²) in [5.41, 5.74) is 0. The zero-order chi connectivity index (χ0) is 6.15. The molecule has 5 heteroatoms. The van der Waals surface area contributed by atoms with Crippen molar-refractivity contribution in [3.05, 3.63) is 0 Å². The van der Waals surface area contributed by atoms with E-state index in [4.69, 9.17) is 12.2 Å². The van der Waals surface area contributed by atoms with Crippen molar-refractivity contribution in [3.8, 4) is 0 Å². The second-order valence-electron chi connectivity index (χ2n) is 1.26. The normalized spacial score (nSPS) is 20.4. The summed E-state index contributed by atoms with van der Waals surface area (Å²) >= 11 is 9.86. The quantitative estimate of drug-likeness (QED) is 0.421. The van der Waals surface area contributed by atoms with Crippen molar-refractivity contribution >= 4 is 47.0 Å². The Balaban J connectivity index is 2.70. The van der Waals surface area contributed by atoms with Crippen LogP contribution in [0.5, 0.6) is 0 Å². The molecule has 0 atom stereocenters. The minimum absolute atomic E-state index is 0.0247. The Labute approximate surface area is 62.2 Å². The molecule has 0 unspecified atom stereocenters. The van der Waals surface area contributed by atoms with Crippen molar-refractivity contribution in [2.75, 3.05) is 5.75 Å². The molecule has 1 amide bonds. The van der Waals surface area contributed by atoms with E-state index >= 15 is 0 Å². The van der Waals surface area contributed by atoms with Crippen LogP contribution in [0, 0.1) is 0 Å². The highest BCUT2D eigenvalue weighted by atomic mass is 32.2. The molecule has 0 spiro atoms. The summed E-state index contributed by atoms with van der Waals surface area (Å²) in [6.07, 6.45) is 0. The molecule has 0 radical (unpaired) electrons. The van der Waals surface area contributed by atoms with Crippen LogP contribution >= 0.6 is 36.8 Å². The van der Waals surface area contributed by atoms with Crippen molar-refractivity contribution in [2.24, 2.45) is 0 Å². The molecule has 1 heterocycles. The van der Waals surface area contributed by atoms with Gasteiger partial charge in [0.05, 0.1) is 5.75 Å². The Morgan fingerprint density at radius 2 is 2.50 bits per heavy atom. The molecular weight excluding hydrogens is 162 g/mol. The van der Waals surface area contributed by atoms with Crippen LogP contribution in [0.3, 0.4) is 0 Å². The number of thiocarbonyl (C=S) groups is 1. The van der Waals surface area contributed by atoms with Crippen molar-refractivity contribution in [1.29, 1.82) is 0 Å². The van der Waals surface area contributed by atoms with Gasteiger partial charge in [0.15, 0.2) is 4.32 Å². The minimum Gasteiger partial charge on any atom is -0.273 e. The first-order chi connectivity index (χ1) is 3.72. The molecule has 1 aliphatic heterocycles. The molecule has 0 bridgehead atoms. The van der Waals surface area contributed by atoms with E-state index in [0.717, 1.165) is 0 Å². The van der Waals surface area contributed by atoms with Gasteiger partial charge in [0.2, 0.25) is 5.91 Å². The largest absolute Gasteiger partial charge is 0.273 e. The molecular formula is C3H3NOS3. The highest BCUT2D eigenvalue weighted by molar-refractivity contribution is 8.24. The Bertz CT molecular complexity index is 129. The van der Waals surface area contributed by atoms with E-state index in [1.807, 2.05) is 0 Å². The lowest BCUT2D eigenvalue weighted by atomic mass is 10.7. The summed E-state index contributed by atoms with van der Waals surface area (Å²) in [4.78, 5) is 10.5. The van der Waals surface area contributed by atoms with Gasteiger partial charge < -0.3 is 0 Å². The van der Waals surface area contributed by atoms with E-state index < -0.39 is 0 Å². The molecule has 0 N–H and O–H groups in total. The lowest BCUT2D eigenvalue weighted by molar-refractivity contribution is -0.120. The Hall–Kier alpha value is 0.260. The SMILES string of the molecule is O=C1CSC(=S)N1S. The Morgan fingerprint density at radius 3 is 2.62 bits per heavy atom. The second-order valence-corrected chi connectivity index (χ2v) is 3.27. The van der Waals surface area contributed by atoms with Crippen LogP contribution < -0.4 is 0 Å². The van der Waals surface area contributed by atoms with Gasteiger partial charge in [-0.2, -0.15) is 0 Å². The zero-order valence-electron chi connectivity index (χ0n) is 3.83. The summed E-state index contributed by atoms with van der Waals surface area (Å²) in [6.45, 7) is 0. The molecule has 1 fully saturated rings. The van der Waals surface area contributed by atoms with Crippen LogP contribution in [-0.4, -0.2) is 20.3 Å². The maximum atomic E-state index is 10.5. The first-order valence-electron chi connectivity index (χ1n) is 1.90. The summed E-state index contributed by atoms with van der Waals surface area (Å²) in [5.74, 6) is 0.422. The average Bonchev–Trinajstić information content (AvgIpc) is 1.98. The van der Waals surface area contributed by atoms with Gasteiger partial charge in [-0.15, -0.1) is 0 Å². The molecule has 1 aliphatic rings. The standard InChI is InChI=1S/C3H3NOS3/c5-2-1-8-3(6)4(2)7/h7H,1H2. The van der Waals surface area contributed by atoms with E-state index in [1.165, 1.54) is 16.1 Å². The summed E-state index contributed by atoms with van der Waals surface area (Å²) in [5, 5.41) is 0. The number of carbonyl (C=O) groups is 1. The summed E-state index contributed by atoms with van der Waals surface area (Å²) < 4.78 is 1.75. The third kappa shape index (κ3) is 0.985. The van der Waals surface area contributed by atoms with E-state index in [0.29, 0.717) is 10.1 Å². The second kappa shape index (κ2) is 2.24. The van der Waals surface area contributed by atoms with E-state index in [2.05, 4.69) is 12.8 Å². The third-order valence-corrected chi connectivity index (χ3v) is 2.78. The smallest absolute Gasteiger partial charge is 0.248 e. The van der Waals surface area contributed by atoms with Gasteiger partial charge in [0, 0.05) is 0 Å². The minimum atomic E-state index is -0.0247. The molecule has 0 aliphatic carbocycles. The van der Waals surface area contributed by atoms with Gasteiger partial charge in [0.1, 0.15) is 0 Å². The third-order valence-electron chi connectivity index (χ3n) is 0.728. The van der Waals surface area contributed by atoms with Gasteiger partial charge >= 0.3 is 0 Å². The van der Waals surface area contributed by atoms with Gasteiger partial charge in [0.25, 0.3) is 0 Å². The lowest BCUT2D eigenvalue weighted by Gasteiger charge is -2.00. The van der Waals surface area contributed by atoms with Crippen LogP contribution in [0.15, 0.2) is 0 Å². The Kier molecular flexibility index (Phi) is 1.79. The molecule has 1 rings (SSSR count). The number of hydrogen-bond donors (Lipinski definition) is 1. The lowest BCUT2D eigenvalue weighted by Crippen LogP contribution is -2.16. The van der Waals surface area contributed by atoms with Crippen molar-refractivity contribution in [3.63, 3.8) is 0 Å². The van der Waals surface area contributed by atoms with Gasteiger partial charge in [-0.3, -0.25) is 4.79 Å². The number of hydrogen-bond acceptors (Lipinski definition) is 4. The first-order valence-corrected chi connectivity index (χ1v) is 3.70. The molecule has 0 aromatic heterocycles. The van der Waals surface area contributed by atoms with Gasteiger partial charge in [-0.25, -0.2) is 4.31 Å². The molecule has 44 valence electrons. The first kappa shape index (κ1) is 6.38. The number of carbonyl (C=O) groups excluding carboxylic acids is 1. The predicted octanol–water partition coefficient (Wildman–Crippen LogP) is 0.692. The summed E-state index contributed by atoms with van der Waals surface area (Å²) in [6, 6.07) is 0. The molecule has 0 aromatic rings. The number of nitrogens with zero attached hydrogens (tertiary/aromatic N) is 1. The molecule has 0 saturated carbocycles. The van der Waals surface area contributed by atoms with Crippen LogP contribution in [0.4, 0.5) is 0 Å². The van der Waals surface area contributed by atoms with Crippen LogP contribution in [0.2, 0.25) is 0 Å². The monoisotopic (exact) mass is 165 g/mol. The van der Waals surface area contributed by atoms with Gasteiger partial charge in [-0.05, 0) is 0 Å². The Morgan fingerprint density at radius 1 is 1.88 bits per heavy atom. The van der Waals surface area contributed by atoms with E-state index in [-0.39, 0.29) is 5.91 Å². The fourth-order valence-corrected chi connectivity index (χ4v) is 1.57. The number of thiol groups is 1. The van der Waals surface area contributed by atoms with E-state index in [9.17, 15) is 4.79 Å². The molecule has 2 nitrogen and oxygen atoms in total.